The number of hydrogen-bond acceptors (Lipinski definition) is 7. The highest BCUT2D eigenvalue weighted by Crippen LogP contribution is 2.24. The third kappa shape index (κ3) is 5.56. The van der Waals surface area contributed by atoms with Gasteiger partial charge in [0, 0.05) is 36.7 Å². The molecule has 0 fully saturated rings. The van der Waals surface area contributed by atoms with Crippen LogP contribution in [0.25, 0.3) is 16.9 Å². The van der Waals surface area contributed by atoms with E-state index in [1.54, 1.807) is 19.5 Å². The van der Waals surface area contributed by atoms with Gasteiger partial charge in [-0.25, -0.2) is 4.52 Å². The van der Waals surface area contributed by atoms with E-state index in [4.69, 9.17) is 9.47 Å². The van der Waals surface area contributed by atoms with E-state index in [-0.39, 0.29) is 0 Å². The van der Waals surface area contributed by atoms with E-state index in [0.29, 0.717) is 12.6 Å². The van der Waals surface area contributed by atoms with Gasteiger partial charge < -0.3 is 20.1 Å². The number of benzene rings is 2. The Bertz CT molecular complexity index is 1370. The molecule has 0 saturated heterocycles. The first-order valence-corrected chi connectivity index (χ1v) is 11.4. The van der Waals surface area contributed by atoms with Crippen molar-refractivity contribution in [2.24, 2.45) is 0 Å². The van der Waals surface area contributed by atoms with Crippen LogP contribution in [0.4, 0.5) is 11.6 Å². The van der Waals surface area contributed by atoms with Gasteiger partial charge in [0.25, 0.3) is 0 Å². The second-order valence-corrected chi connectivity index (χ2v) is 7.88. The summed E-state index contributed by atoms with van der Waals surface area (Å²) in [5, 5.41) is 11.3. The van der Waals surface area contributed by atoms with E-state index in [1.807, 2.05) is 83.4 Å². The molecule has 5 aromatic rings. The van der Waals surface area contributed by atoms with Gasteiger partial charge in [-0.15, -0.1) is 5.10 Å². The topological polar surface area (TPSA) is 85.6 Å². The average molecular weight is 467 g/mol. The van der Waals surface area contributed by atoms with E-state index >= 15 is 0 Å². The van der Waals surface area contributed by atoms with Crippen molar-refractivity contribution in [1.29, 1.82) is 0 Å². The Morgan fingerprint density at radius 1 is 0.857 bits per heavy atom. The molecule has 0 spiro atoms. The Morgan fingerprint density at radius 2 is 1.63 bits per heavy atom. The molecule has 8 nitrogen and oxygen atoms in total. The summed E-state index contributed by atoms with van der Waals surface area (Å²) in [7, 11) is 1.66. The van der Waals surface area contributed by atoms with Gasteiger partial charge >= 0.3 is 0 Å². The summed E-state index contributed by atoms with van der Waals surface area (Å²) >= 11 is 0. The van der Waals surface area contributed by atoms with Gasteiger partial charge in [-0.05, 0) is 78.4 Å². The van der Waals surface area contributed by atoms with E-state index in [1.165, 1.54) is 5.56 Å². The van der Waals surface area contributed by atoms with Gasteiger partial charge in [-0.1, -0.05) is 6.07 Å². The number of anilines is 2. The zero-order chi connectivity index (χ0) is 23.9. The van der Waals surface area contributed by atoms with E-state index in [0.717, 1.165) is 47.2 Å². The fourth-order valence-corrected chi connectivity index (χ4v) is 3.68. The van der Waals surface area contributed by atoms with Crippen LogP contribution in [0.1, 0.15) is 5.56 Å². The third-order valence-corrected chi connectivity index (χ3v) is 5.48. The smallest absolute Gasteiger partial charge is 0.247 e. The van der Waals surface area contributed by atoms with Crippen molar-refractivity contribution in [3.63, 3.8) is 0 Å². The number of nitrogens with zero attached hydrogens (tertiary/aromatic N) is 4. The summed E-state index contributed by atoms with van der Waals surface area (Å²) in [6.07, 6.45) is 3.59. The summed E-state index contributed by atoms with van der Waals surface area (Å²) in [6.45, 7) is 2.13. The predicted molar refractivity (Wildman–Crippen MR) is 136 cm³/mol. The fraction of sp³-hybridized carbons (Fsp3) is 0.148. The Kier molecular flexibility index (Phi) is 6.82. The first-order chi connectivity index (χ1) is 17.3. The molecule has 0 radical (unpaired) electrons. The molecule has 0 aliphatic heterocycles. The summed E-state index contributed by atoms with van der Waals surface area (Å²) in [4.78, 5) is 8.64. The second kappa shape index (κ2) is 10.7. The van der Waals surface area contributed by atoms with Gasteiger partial charge in [-0.2, -0.15) is 4.98 Å². The standard InChI is InChI=1S/C27H26N6O2/c1-34-23-9-5-21(6-10-23)25-3-2-4-26-31-27(32-33(25)26)30-22-7-11-24(12-8-22)35-18-17-29-19-20-13-15-28-16-14-20/h2-16,29H,17-19H2,1H3,(H,30,32). The Labute approximate surface area is 203 Å². The maximum atomic E-state index is 5.83. The SMILES string of the molecule is COc1ccc(-c2cccc3nc(Nc4ccc(OCCNCc5ccncc5)cc4)nn23)cc1. The van der Waals surface area contributed by atoms with E-state index in [9.17, 15) is 0 Å². The van der Waals surface area contributed by atoms with Crippen LogP contribution < -0.4 is 20.1 Å². The van der Waals surface area contributed by atoms with Gasteiger partial charge in [0.1, 0.15) is 18.1 Å². The Hall–Kier alpha value is -4.43. The maximum absolute atomic E-state index is 5.83. The summed E-state index contributed by atoms with van der Waals surface area (Å²) < 4.78 is 12.9. The largest absolute Gasteiger partial charge is 0.497 e. The number of methoxy groups -OCH3 is 1. The zero-order valence-electron chi connectivity index (χ0n) is 19.4. The molecule has 3 aromatic heterocycles. The van der Waals surface area contributed by atoms with Crippen LogP contribution in [0.3, 0.4) is 0 Å². The molecule has 8 heteroatoms. The van der Waals surface area contributed by atoms with Gasteiger partial charge in [0.05, 0.1) is 12.8 Å². The van der Waals surface area contributed by atoms with Crippen LogP contribution >= 0.6 is 0 Å². The van der Waals surface area contributed by atoms with Crippen molar-refractivity contribution < 1.29 is 9.47 Å². The van der Waals surface area contributed by atoms with Crippen molar-refractivity contribution in [2.75, 3.05) is 25.6 Å². The minimum atomic E-state index is 0.528. The molecule has 0 amide bonds. The highest BCUT2D eigenvalue weighted by molar-refractivity contribution is 5.65. The highest BCUT2D eigenvalue weighted by Gasteiger charge is 2.09. The van der Waals surface area contributed by atoms with Crippen LogP contribution in [0.15, 0.2) is 91.3 Å². The zero-order valence-corrected chi connectivity index (χ0v) is 19.4. The lowest BCUT2D eigenvalue weighted by molar-refractivity contribution is 0.313. The molecule has 0 saturated carbocycles. The highest BCUT2D eigenvalue weighted by atomic mass is 16.5. The van der Waals surface area contributed by atoms with E-state index in [2.05, 4.69) is 25.7 Å². The summed E-state index contributed by atoms with van der Waals surface area (Å²) in [5.41, 5.74) is 4.83. The number of aromatic nitrogens is 4. The number of nitrogens with one attached hydrogen (secondary N) is 2. The van der Waals surface area contributed by atoms with Gasteiger partial charge in [-0.3, -0.25) is 4.98 Å². The molecule has 0 aliphatic carbocycles. The number of pyridine rings is 2. The number of ether oxygens (including phenoxy) is 2. The summed E-state index contributed by atoms with van der Waals surface area (Å²) in [5.74, 6) is 2.15. The Balaban J connectivity index is 1.18. The summed E-state index contributed by atoms with van der Waals surface area (Å²) in [6, 6.07) is 25.6. The number of hydrogen-bond donors (Lipinski definition) is 2. The van der Waals surface area contributed by atoms with Crippen LogP contribution in [-0.2, 0) is 6.54 Å². The van der Waals surface area contributed by atoms with Crippen molar-refractivity contribution in [2.45, 2.75) is 6.54 Å². The minimum absolute atomic E-state index is 0.528. The average Bonchev–Trinajstić information content (AvgIpc) is 3.33. The lowest BCUT2D eigenvalue weighted by Crippen LogP contribution is -2.20. The van der Waals surface area contributed by atoms with Crippen molar-refractivity contribution in [3.8, 4) is 22.8 Å². The first-order valence-electron chi connectivity index (χ1n) is 11.4. The van der Waals surface area contributed by atoms with Crippen LogP contribution in [0.2, 0.25) is 0 Å². The Morgan fingerprint density at radius 3 is 2.40 bits per heavy atom. The molecule has 0 unspecified atom stereocenters. The second-order valence-electron chi connectivity index (χ2n) is 7.88. The predicted octanol–water partition coefficient (Wildman–Crippen LogP) is 4.71. The molecule has 0 atom stereocenters. The molecular formula is C27H26N6O2. The molecule has 35 heavy (non-hydrogen) atoms. The molecule has 2 aromatic carbocycles. The first kappa shape index (κ1) is 22.4. The fourth-order valence-electron chi connectivity index (χ4n) is 3.68. The molecule has 2 N–H and O–H groups in total. The molecular weight excluding hydrogens is 440 g/mol. The van der Waals surface area contributed by atoms with Crippen LogP contribution in [-0.4, -0.2) is 39.8 Å². The lowest BCUT2D eigenvalue weighted by Gasteiger charge is -2.08. The van der Waals surface area contributed by atoms with E-state index < -0.39 is 0 Å². The third-order valence-electron chi connectivity index (χ3n) is 5.48. The van der Waals surface area contributed by atoms with Gasteiger partial charge in [0.2, 0.25) is 5.95 Å². The van der Waals surface area contributed by atoms with Gasteiger partial charge in [0.15, 0.2) is 5.65 Å². The van der Waals surface area contributed by atoms with Crippen molar-refractivity contribution >= 4 is 17.3 Å². The number of rotatable bonds is 10. The number of fused-ring (bicyclic) bond motifs is 1. The molecule has 5 rings (SSSR count). The molecule has 0 bridgehead atoms. The monoisotopic (exact) mass is 466 g/mol. The minimum Gasteiger partial charge on any atom is -0.497 e. The quantitative estimate of drug-likeness (QED) is 0.288. The maximum Gasteiger partial charge on any atom is 0.247 e. The lowest BCUT2D eigenvalue weighted by atomic mass is 10.1. The van der Waals surface area contributed by atoms with Crippen LogP contribution in [0.5, 0.6) is 11.5 Å². The molecule has 176 valence electrons. The van der Waals surface area contributed by atoms with Crippen molar-refractivity contribution in [1.82, 2.24) is 24.9 Å². The molecule has 3 heterocycles. The normalized spacial score (nSPS) is 10.9. The molecule has 0 aliphatic rings. The van der Waals surface area contributed by atoms with Crippen molar-refractivity contribution in [3.05, 3.63) is 96.8 Å². The van der Waals surface area contributed by atoms with Crippen LogP contribution in [0, 0.1) is 0 Å².